The van der Waals surface area contributed by atoms with Crippen molar-refractivity contribution in [1.82, 2.24) is 9.97 Å². The SMILES string of the molecule is Cc1cccc(OC(=O)c2nc(S(=O)(=O)Cc3ccccc3F)ncc2Cl)c1C. The van der Waals surface area contributed by atoms with Crippen LogP contribution in [0.5, 0.6) is 5.75 Å². The number of hydrogen-bond donors (Lipinski definition) is 0. The van der Waals surface area contributed by atoms with E-state index in [1.54, 1.807) is 19.1 Å². The zero-order valence-electron chi connectivity index (χ0n) is 15.5. The largest absolute Gasteiger partial charge is 0.421 e. The van der Waals surface area contributed by atoms with Crippen molar-refractivity contribution in [2.45, 2.75) is 24.8 Å². The molecule has 0 amide bonds. The zero-order valence-corrected chi connectivity index (χ0v) is 17.1. The molecule has 1 heterocycles. The highest BCUT2D eigenvalue weighted by molar-refractivity contribution is 7.90. The summed E-state index contributed by atoms with van der Waals surface area (Å²) < 4.78 is 44.4. The fourth-order valence-corrected chi connectivity index (χ4v) is 3.90. The summed E-state index contributed by atoms with van der Waals surface area (Å²) in [6.07, 6.45) is 1.00. The molecule has 1 aromatic heterocycles. The molecular formula is C20H16ClFN2O4S. The van der Waals surface area contributed by atoms with Gasteiger partial charge in [0.05, 0.1) is 17.0 Å². The molecule has 0 spiro atoms. The molecule has 29 heavy (non-hydrogen) atoms. The van der Waals surface area contributed by atoms with Crippen LogP contribution in [0.3, 0.4) is 0 Å². The van der Waals surface area contributed by atoms with Gasteiger partial charge in [-0.05, 0) is 37.1 Å². The molecule has 0 N–H and O–H groups in total. The van der Waals surface area contributed by atoms with Crippen molar-refractivity contribution in [2.75, 3.05) is 0 Å². The van der Waals surface area contributed by atoms with E-state index in [4.69, 9.17) is 16.3 Å². The second kappa shape index (κ2) is 8.26. The summed E-state index contributed by atoms with van der Waals surface area (Å²) in [6, 6.07) is 10.6. The minimum atomic E-state index is -4.12. The molecule has 0 saturated carbocycles. The summed E-state index contributed by atoms with van der Waals surface area (Å²) in [6.45, 7) is 3.64. The average Bonchev–Trinajstić information content (AvgIpc) is 2.67. The van der Waals surface area contributed by atoms with Crippen LogP contribution in [-0.2, 0) is 15.6 Å². The molecule has 3 aromatic rings. The highest BCUT2D eigenvalue weighted by Crippen LogP contribution is 2.24. The number of benzene rings is 2. The number of hydrogen-bond acceptors (Lipinski definition) is 6. The first kappa shape index (κ1) is 20.9. The van der Waals surface area contributed by atoms with Gasteiger partial charge in [0.2, 0.25) is 15.0 Å². The summed E-state index contributed by atoms with van der Waals surface area (Å²) in [7, 11) is -4.12. The predicted molar refractivity (Wildman–Crippen MR) is 105 cm³/mol. The average molecular weight is 435 g/mol. The van der Waals surface area contributed by atoms with Crippen LogP contribution in [0.15, 0.2) is 53.8 Å². The Morgan fingerprint density at radius 2 is 1.86 bits per heavy atom. The van der Waals surface area contributed by atoms with Gasteiger partial charge in [0, 0.05) is 5.56 Å². The lowest BCUT2D eigenvalue weighted by Crippen LogP contribution is -2.17. The quantitative estimate of drug-likeness (QED) is 0.341. The molecule has 0 bridgehead atoms. The Bertz CT molecular complexity index is 1200. The molecule has 6 nitrogen and oxygen atoms in total. The van der Waals surface area contributed by atoms with Crippen LogP contribution >= 0.6 is 11.6 Å². The van der Waals surface area contributed by atoms with E-state index >= 15 is 0 Å². The Morgan fingerprint density at radius 3 is 2.59 bits per heavy atom. The van der Waals surface area contributed by atoms with Gasteiger partial charge in [-0.2, -0.15) is 0 Å². The lowest BCUT2D eigenvalue weighted by atomic mass is 10.1. The van der Waals surface area contributed by atoms with Crippen LogP contribution in [0.25, 0.3) is 0 Å². The monoisotopic (exact) mass is 434 g/mol. The second-order valence-electron chi connectivity index (χ2n) is 6.29. The summed E-state index contributed by atoms with van der Waals surface area (Å²) in [5, 5.41) is -0.803. The second-order valence-corrected chi connectivity index (χ2v) is 8.58. The standard InChI is InChI=1S/C20H16ClFN2O4S/c1-12-6-5-9-17(13(12)2)28-19(25)18-15(21)10-23-20(24-18)29(26,27)11-14-7-3-4-8-16(14)22/h3-10H,11H2,1-2H3. The van der Waals surface area contributed by atoms with Gasteiger partial charge >= 0.3 is 5.97 Å². The fourth-order valence-electron chi connectivity index (χ4n) is 2.51. The van der Waals surface area contributed by atoms with Gasteiger partial charge in [-0.1, -0.05) is 41.9 Å². The third-order valence-electron chi connectivity index (χ3n) is 4.25. The highest BCUT2D eigenvalue weighted by atomic mass is 35.5. The van der Waals surface area contributed by atoms with E-state index in [0.717, 1.165) is 23.4 Å². The molecule has 0 aliphatic rings. The Labute approximate surface area is 172 Å². The predicted octanol–water partition coefficient (Wildman–Crippen LogP) is 4.08. The topological polar surface area (TPSA) is 86.2 Å². The first-order chi connectivity index (χ1) is 13.7. The van der Waals surface area contributed by atoms with E-state index in [1.807, 2.05) is 13.0 Å². The van der Waals surface area contributed by atoms with Crippen LogP contribution in [0, 0.1) is 19.7 Å². The normalized spacial score (nSPS) is 11.3. The molecule has 0 atom stereocenters. The van der Waals surface area contributed by atoms with E-state index in [0.29, 0.717) is 5.75 Å². The summed E-state index contributed by atoms with van der Waals surface area (Å²) >= 11 is 5.98. The molecule has 2 aromatic carbocycles. The lowest BCUT2D eigenvalue weighted by molar-refractivity contribution is 0.0726. The molecule has 150 valence electrons. The Balaban J connectivity index is 1.92. The number of sulfone groups is 1. The van der Waals surface area contributed by atoms with Gasteiger partial charge in [-0.25, -0.2) is 27.6 Å². The van der Waals surface area contributed by atoms with Gasteiger partial charge in [0.1, 0.15) is 11.6 Å². The molecule has 3 rings (SSSR count). The van der Waals surface area contributed by atoms with Gasteiger partial charge < -0.3 is 4.74 Å². The zero-order chi connectivity index (χ0) is 21.2. The Hall–Kier alpha value is -2.84. The summed E-state index contributed by atoms with van der Waals surface area (Å²) in [5.74, 6) is -1.94. The van der Waals surface area contributed by atoms with Crippen LogP contribution in [-0.4, -0.2) is 24.4 Å². The van der Waals surface area contributed by atoms with Crippen molar-refractivity contribution in [1.29, 1.82) is 0 Å². The summed E-state index contributed by atoms with van der Waals surface area (Å²) in [5.41, 5.74) is 1.23. The Morgan fingerprint density at radius 1 is 1.14 bits per heavy atom. The molecule has 0 fully saturated rings. The van der Waals surface area contributed by atoms with Gasteiger partial charge in [0.15, 0.2) is 5.69 Å². The summed E-state index contributed by atoms with van der Waals surface area (Å²) in [4.78, 5) is 20.0. The number of carbonyl (C=O) groups is 1. The number of nitrogens with zero attached hydrogens (tertiary/aromatic N) is 2. The molecule has 9 heteroatoms. The van der Waals surface area contributed by atoms with Crippen molar-refractivity contribution in [3.05, 3.63) is 81.9 Å². The van der Waals surface area contributed by atoms with E-state index < -0.39 is 38.2 Å². The van der Waals surface area contributed by atoms with Gasteiger partial charge in [-0.3, -0.25) is 0 Å². The smallest absolute Gasteiger partial charge is 0.364 e. The van der Waals surface area contributed by atoms with Crippen molar-refractivity contribution >= 4 is 27.4 Å². The Kier molecular flexibility index (Phi) is 5.95. The molecule has 0 aliphatic carbocycles. The maximum atomic E-state index is 13.8. The van der Waals surface area contributed by atoms with Crippen molar-refractivity contribution in [2.24, 2.45) is 0 Å². The van der Waals surface area contributed by atoms with Crippen LogP contribution in [0.1, 0.15) is 27.2 Å². The number of halogens is 2. The van der Waals surface area contributed by atoms with Crippen LogP contribution in [0.4, 0.5) is 4.39 Å². The number of ether oxygens (including phenoxy) is 1. The van der Waals surface area contributed by atoms with Crippen molar-refractivity contribution in [3.63, 3.8) is 0 Å². The fraction of sp³-hybridized carbons (Fsp3) is 0.150. The van der Waals surface area contributed by atoms with E-state index in [2.05, 4.69) is 9.97 Å². The number of rotatable bonds is 5. The number of aromatic nitrogens is 2. The van der Waals surface area contributed by atoms with Gasteiger partial charge in [-0.15, -0.1) is 0 Å². The van der Waals surface area contributed by atoms with E-state index in [1.165, 1.54) is 18.2 Å². The molecule has 0 saturated heterocycles. The lowest BCUT2D eigenvalue weighted by Gasteiger charge is -2.10. The number of aryl methyl sites for hydroxylation is 1. The molecule has 0 radical (unpaired) electrons. The molecule has 0 unspecified atom stereocenters. The minimum absolute atomic E-state index is 0.0365. The minimum Gasteiger partial charge on any atom is -0.421 e. The van der Waals surface area contributed by atoms with Crippen LogP contribution < -0.4 is 4.74 Å². The maximum Gasteiger partial charge on any atom is 0.364 e. The molecule has 0 aliphatic heterocycles. The number of esters is 1. The van der Waals surface area contributed by atoms with Crippen molar-refractivity contribution < 1.29 is 22.3 Å². The van der Waals surface area contributed by atoms with E-state index in [-0.39, 0.29) is 10.6 Å². The van der Waals surface area contributed by atoms with Gasteiger partial charge in [0.25, 0.3) is 0 Å². The maximum absolute atomic E-state index is 13.8. The third-order valence-corrected chi connectivity index (χ3v) is 5.98. The highest BCUT2D eigenvalue weighted by Gasteiger charge is 2.25. The first-order valence-electron chi connectivity index (χ1n) is 8.46. The van der Waals surface area contributed by atoms with Crippen LogP contribution in [0.2, 0.25) is 5.02 Å². The van der Waals surface area contributed by atoms with E-state index in [9.17, 15) is 17.6 Å². The van der Waals surface area contributed by atoms with Crippen molar-refractivity contribution in [3.8, 4) is 5.75 Å². The molecular weight excluding hydrogens is 419 g/mol. The number of carbonyl (C=O) groups excluding carboxylic acids is 1. The first-order valence-corrected chi connectivity index (χ1v) is 10.5. The third kappa shape index (κ3) is 4.60.